The van der Waals surface area contributed by atoms with E-state index < -0.39 is 0 Å². The summed E-state index contributed by atoms with van der Waals surface area (Å²) in [5.41, 5.74) is 1.50. The number of thiophene rings is 1. The van der Waals surface area contributed by atoms with E-state index in [2.05, 4.69) is 27.3 Å². The summed E-state index contributed by atoms with van der Waals surface area (Å²) in [7, 11) is 0. The second-order valence-corrected chi connectivity index (χ2v) is 6.31. The van der Waals surface area contributed by atoms with Gasteiger partial charge in [-0.15, -0.1) is 11.3 Å². The monoisotopic (exact) mass is 340 g/mol. The van der Waals surface area contributed by atoms with Crippen LogP contribution in [0.2, 0.25) is 4.34 Å². The average molecular weight is 342 g/mol. The lowest BCUT2D eigenvalue weighted by Gasteiger charge is -2.08. The molecule has 1 aromatic heterocycles. The molecule has 2 rings (SSSR count). The highest BCUT2D eigenvalue weighted by Gasteiger charge is 2.05. The fourth-order valence-electron chi connectivity index (χ4n) is 1.59. The van der Waals surface area contributed by atoms with Crippen LogP contribution in [0.1, 0.15) is 10.4 Å². The van der Waals surface area contributed by atoms with E-state index in [4.69, 9.17) is 16.9 Å². The molecule has 0 bridgehead atoms. The van der Waals surface area contributed by atoms with E-state index in [1.54, 1.807) is 11.3 Å². The topological polar surface area (TPSA) is 35.8 Å². The van der Waals surface area contributed by atoms with Crippen molar-refractivity contribution in [2.45, 2.75) is 6.42 Å². The molecular formula is C13H10BrClN2S. The molecule has 0 radical (unpaired) electrons. The van der Waals surface area contributed by atoms with E-state index in [9.17, 15) is 0 Å². The fourth-order valence-corrected chi connectivity index (χ4v) is 3.13. The predicted octanol–water partition coefficient (Wildman–Crippen LogP) is 4.69. The van der Waals surface area contributed by atoms with Gasteiger partial charge in [0, 0.05) is 15.9 Å². The summed E-state index contributed by atoms with van der Waals surface area (Å²) in [5.74, 6) is 0. The van der Waals surface area contributed by atoms with Gasteiger partial charge in [0.2, 0.25) is 0 Å². The van der Waals surface area contributed by atoms with E-state index in [1.165, 1.54) is 4.88 Å². The lowest BCUT2D eigenvalue weighted by Crippen LogP contribution is -2.05. The zero-order valence-electron chi connectivity index (χ0n) is 9.41. The lowest BCUT2D eigenvalue weighted by atomic mass is 10.2. The quantitative estimate of drug-likeness (QED) is 0.875. The summed E-state index contributed by atoms with van der Waals surface area (Å²) in [4.78, 5) is 1.24. The van der Waals surface area contributed by atoms with E-state index in [0.717, 1.165) is 27.5 Å². The van der Waals surface area contributed by atoms with Crippen LogP contribution in [-0.2, 0) is 6.42 Å². The van der Waals surface area contributed by atoms with Crippen LogP contribution in [0.25, 0.3) is 0 Å². The zero-order valence-corrected chi connectivity index (χ0v) is 12.6. The number of rotatable bonds is 4. The van der Waals surface area contributed by atoms with Crippen LogP contribution >= 0.6 is 38.9 Å². The number of nitrogens with zero attached hydrogens (tertiary/aromatic N) is 1. The second kappa shape index (κ2) is 6.24. The molecule has 0 aliphatic carbocycles. The molecule has 18 heavy (non-hydrogen) atoms. The predicted molar refractivity (Wildman–Crippen MR) is 80.4 cm³/mol. The number of nitriles is 1. The van der Waals surface area contributed by atoms with E-state index in [-0.39, 0.29) is 0 Å². The molecule has 5 heteroatoms. The maximum Gasteiger partial charge on any atom is 0.103 e. The van der Waals surface area contributed by atoms with Gasteiger partial charge in [-0.2, -0.15) is 5.26 Å². The molecule has 2 aromatic rings. The van der Waals surface area contributed by atoms with Gasteiger partial charge in [0.25, 0.3) is 0 Å². The number of benzene rings is 1. The van der Waals surface area contributed by atoms with Gasteiger partial charge in [-0.1, -0.05) is 17.7 Å². The minimum atomic E-state index is 0.640. The van der Waals surface area contributed by atoms with Gasteiger partial charge < -0.3 is 5.32 Å². The lowest BCUT2D eigenvalue weighted by molar-refractivity contribution is 1.04. The minimum Gasteiger partial charge on any atom is -0.384 e. The Hall–Kier alpha value is -1.02. The van der Waals surface area contributed by atoms with Gasteiger partial charge in [-0.25, -0.2) is 0 Å². The number of halogens is 2. The summed E-state index contributed by atoms with van der Waals surface area (Å²) in [6.07, 6.45) is 0.898. The standard InChI is InChI=1S/C13H10BrClN2S/c14-11-2-1-3-12(10(11)8-16)17-7-6-9-4-5-13(15)18-9/h1-5,17H,6-7H2. The minimum absolute atomic E-state index is 0.640. The zero-order chi connectivity index (χ0) is 13.0. The first-order valence-electron chi connectivity index (χ1n) is 5.37. The highest BCUT2D eigenvalue weighted by Crippen LogP contribution is 2.25. The Kier molecular flexibility index (Phi) is 4.65. The van der Waals surface area contributed by atoms with Gasteiger partial charge in [0.15, 0.2) is 0 Å². The number of anilines is 1. The first-order chi connectivity index (χ1) is 8.70. The third-order valence-corrected chi connectivity index (χ3v) is 4.39. The maximum atomic E-state index is 9.08. The van der Waals surface area contributed by atoms with Gasteiger partial charge >= 0.3 is 0 Å². The Bertz CT molecular complexity index is 589. The van der Waals surface area contributed by atoms with Crippen molar-refractivity contribution in [1.29, 1.82) is 5.26 Å². The molecule has 1 aromatic carbocycles. The summed E-state index contributed by atoms with van der Waals surface area (Å²) in [6.45, 7) is 0.780. The molecule has 1 N–H and O–H groups in total. The van der Waals surface area contributed by atoms with Crippen molar-refractivity contribution < 1.29 is 0 Å². The molecule has 0 aliphatic heterocycles. The summed E-state index contributed by atoms with van der Waals surface area (Å²) >= 11 is 10.8. The number of hydrogen-bond donors (Lipinski definition) is 1. The summed E-state index contributed by atoms with van der Waals surface area (Å²) in [6, 6.07) is 11.8. The Morgan fingerprint density at radius 3 is 2.83 bits per heavy atom. The van der Waals surface area contributed by atoms with E-state index in [1.807, 2.05) is 30.3 Å². The fraction of sp³-hybridized carbons (Fsp3) is 0.154. The Morgan fingerprint density at radius 1 is 1.33 bits per heavy atom. The molecule has 0 saturated carbocycles. The first kappa shape index (κ1) is 13.4. The molecule has 0 amide bonds. The Morgan fingerprint density at radius 2 is 2.17 bits per heavy atom. The number of nitrogens with one attached hydrogen (secondary N) is 1. The van der Waals surface area contributed by atoms with Crippen LogP contribution in [-0.4, -0.2) is 6.54 Å². The Labute approximate surface area is 123 Å². The van der Waals surface area contributed by atoms with Crippen molar-refractivity contribution in [2.75, 3.05) is 11.9 Å². The third kappa shape index (κ3) is 3.26. The van der Waals surface area contributed by atoms with Crippen molar-refractivity contribution in [3.8, 4) is 6.07 Å². The molecule has 92 valence electrons. The molecule has 0 spiro atoms. The largest absolute Gasteiger partial charge is 0.384 e. The van der Waals surface area contributed by atoms with Crippen molar-refractivity contribution in [3.63, 3.8) is 0 Å². The van der Waals surface area contributed by atoms with Crippen molar-refractivity contribution in [1.82, 2.24) is 0 Å². The van der Waals surface area contributed by atoms with Gasteiger partial charge in [-0.05, 0) is 46.6 Å². The smallest absolute Gasteiger partial charge is 0.103 e. The maximum absolute atomic E-state index is 9.08. The van der Waals surface area contributed by atoms with Crippen molar-refractivity contribution in [2.24, 2.45) is 0 Å². The van der Waals surface area contributed by atoms with Crippen LogP contribution < -0.4 is 5.32 Å². The molecule has 0 unspecified atom stereocenters. The molecule has 1 heterocycles. The van der Waals surface area contributed by atoms with E-state index >= 15 is 0 Å². The normalized spacial score (nSPS) is 10.1. The molecule has 0 atom stereocenters. The van der Waals surface area contributed by atoms with Crippen LogP contribution in [0.5, 0.6) is 0 Å². The highest BCUT2D eigenvalue weighted by atomic mass is 79.9. The number of hydrogen-bond acceptors (Lipinski definition) is 3. The molecule has 0 fully saturated rings. The SMILES string of the molecule is N#Cc1c(Br)cccc1NCCc1ccc(Cl)s1. The second-order valence-electron chi connectivity index (χ2n) is 3.66. The molecule has 2 nitrogen and oxygen atoms in total. The summed E-state index contributed by atoms with van der Waals surface area (Å²) < 4.78 is 1.62. The van der Waals surface area contributed by atoms with Gasteiger partial charge in [0.05, 0.1) is 15.6 Å². The van der Waals surface area contributed by atoms with Gasteiger partial charge in [0.1, 0.15) is 6.07 Å². The van der Waals surface area contributed by atoms with Gasteiger partial charge in [-0.3, -0.25) is 0 Å². The summed E-state index contributed by atoms with van der Waals surface area (Å²) in [5, 5.41) is 12.4. The first-order valence-corrected chi connectivity index (χ1v) is 7.36. The van der Waals surface area contributed by atoms with Crippen LogP contribution in [0.4, 0.5) is 5.69 Å². The van der Waals surface area contributed by atoms with Crippen molar-refractivity contribution >= 4 is 44.6 Å². The van der Waals surface area contributed by atoms with Crippen molar-refractivity contribution in [3.05, 3.63) is 49.6 Å². The average Bonchev–Trinajstić information content (AvgIpc) is 2.75. The van der Waals surface area contributed by atoms with E-state index in [0.29, 0.717) is 5.56 Å². The van der Waals surface area contributed by atoms with Crippen LogP contribution in [0, 0.1) is 11.3 Å². The molecule has 0 aliphatic rings. The third-order valence-electron chi connectivity index (χ3n) is 2.44. The van der Waals surface area contributed by atoms with Crippen LogP contribution in [0.3, 0.4) is 0 Å². The van der Waals surface area contributed by atoms with Crippen LogP contribution in [0.15, 0.2) is 34.8 Å². The Balaban J connectivity index is 1.99. The highest BCUT2D eigenvalue weighted by molar-refractivity contribution is 9.10. The molecular weight excluding hydrogens is 332 g/mol. The molecule has 0 saturated heterocycles.